The molecule has 1 aromatic carbocycles. The van der Waals surface area contributed by atoms with Crippen LogP contribution in [0.4, 0.5) is 16.0 Å². The van der Waals surface area contributed by atoms with E-state index in [1.807, 2.05) is 13.8 Å². The van der Waals surface area contributed by atoms with E-state index < -0.39 is 11.7 Å². The molecule has 4 heterocycles. The highest BCUT2D eigenvalue weighted by atomic mass is 35.5. The summed E-state index contributed by atoms with van der Waals surface area (Å²) in [6.45, 7) is 6.14. The van der Waals surface area contributed by atoms with Gasteiger partial charge in [0.2, 0.25) is 11.9 Å². The third-order valence-corrected chi connectivity index (χ3v) is 6.74. The molecule has 2 amide bonds. The summed E-state index contributed by atoms with van der Waals surface area (Å²) in [4.78, 5) is 43.8. The molecule has 10 nitrogen and oxygen atoms in total. The summed E-state index contributed by atoms with van der Waals surface area (Å²) in [5, 5.41) is 7.08. The summed E-state index contributed by atoms with van der Waals surface area (Å²) in [5.41, 5.74) is 3.04. The highest BCUT2D eigenvalue weighted by Gasteiger charge is 2.25. The average Bonchev–Trinajstić information content (AvgIpc) is 3.55. The highest BCUT2D eigenvalue weighted by molar-refractivity contribution is 6.31. The van der Waals surface area contributed by atoms with Crippen molar-refractivity contribution in [3.8, 4) is 11.3 Å². The van der Waals surface area contributed by atoms with Crippen LogP contribution in [0.1, 0.15) is 53.1 Å². The smallest absolute Gasteiger partial charge is 0.275 e. The van der Waals surface area contributed by atoms with E-state index in [0.29, 0.717) is 30.2 Å². The maximum Gasteiger partial charge on any atom is 0.275 e. The highest BCUT2D eigenvalue weighted by Crippen LogP contribution is 2.30. The van der Waals surface area contributed by atoms with Gasteiger partial charge in [-0.1, -0.05) is 17.7 Å². The Labute approximate surface area is 222 Å². The van der Waals surface area contributed by atoms with Crippen LogP contribution < -0.4 is 10.2 Å². The number of halogens is 2. The van der Waals surface area contributed by atoms with E-state index in [2.05, 4.69) is 30.4 Å². The van der Waals surface area contributed by atoms with Gasteiger partial charge in [-0.05, 0) is 38.8 Å². The fraction of sp³-hybridized carbons (Fsp3) is 0.269. The number of benzene rings is 1. The van der Waals surface area contributed by atoms with Crippen LogP contribution in [0, 0.1) is 19.7 Å². The van der Waals surface area contributed by atoms with Crippen molar-refractivity contribution in [2.24, 2.45) is 0 Å². The molecule has 1 saturated heterocycles. The molecular weight excluding hydrogens is 511 g/mol. The SMILES string of the molecule is Cc1ccc(Cl)c(F)c1-c1cncc(C(=O)Nc2cnn(C(C)c3cnc(N4CCCC4=O)nc3C)c2)n1. The number of nitrogens with zero attached hydrogens (tertiary/aromatic N) is 7. The van der Waals surface area contributed by atoms with E-state index in [1.54, 1.807) is 35.0 Å². The fourth-order valence-corrected chi connectivity index (χ4v) is 4.53. The molecule has 5 rings (SSSR count). The summed E-state index contributed by atoms with van der Waals surface area (Å²) in [7, 11) is 0. The van der Waals surface area contributed by atoms with Crippen LogP contribution in [0.15, 0.2) is 43.1 Å². The Morgan fingerprint density at radius 1 is 1.16 bits per heavy atom. The maximum atomic E-state index is 14.7. The molecule has 1 fully saturated rings. The number of carbonyl (C=O) groups excluding carboxylic acids is 2. The Morgan fingerprint density at radius 2 is 1.97 bits per heavy atom. The minimum atomic E-state index is -0.617. The van der Waals surface area contributed by atoms with E-state index in [0.717, 1.165) is 17.7 Å². The molecule has 3 aromatic heterocycles. The lowest BCUT2D eigenvalue weighted by Gasteiger charge is -2.18. The number of anilines is 2. The van der Waals surface area contributed by atoms with Crippen molar-refractivity contribution < 1.29 is 14.0 Å². The second-order valence-electron chi connectivity index (χ2n) is 9.04. The van der Waals surface area contributed by atoms with Gasteiger partial charge in [0.25, 0.3) is 5.91 Å². The number of amides is 2. The average molecular weight is 535 g/mol. The molecule has 194 valence electrons. The minimum absolute atomic E-state index is 0.0124. The Hall–Kier alpha value is -4.25. The molecule has 1 N–H and O–H groups in total. The molecule has 1 atom stereocenters. The first kappa shape index (κ1) is 25.4. The van der Waals surface area contributed by atoms with Gasteiger partial charge in [0.1, 0.15) is 5.69 Å². The van der Waals surface area contributed by atoms with Gasteiger partial charge in [-0.2, -0.15) is 5.10 Å². The number of hydrogen-bond acceptors (Lipinski definition) is 7. The van der Waals surface area contributed by atoms with Crippen LogP contribution in [0.25, 0.3) is 11.3 Å². The number of rotatable bonds is 6. The Bertz CT molecular complexity index is 1560. The van der Waals surface area contributed by atoms with Crippen LogP contribution in [0.2, 0.25) is 5.02 Å². The van der Waals surface area contributed by atoms with Gasteiger partial charge in [0.15, 0.2) is 5.82 Å². The predicted molar refractivity (Wildman–Crippen MR) is 140 cm³/mol. The summed E-state index contributed by atoms with van der Waals surface area (Å²) in [5.74, 6) is -0.704. The number of aryl methyl sites for hydroxylation is 2. The van der Waals surface area contributed by atoms with Gasteiger partial charge in [0.05, 0.1) is 41.0 Å². The Kier molecular flexibility index (Phi) is 6.85. The largest absolute Gasteiger partial charge is 0.318 e. The molecule has 4 aromatic rings. The van der Waals surface area contributed by atoms with Gasteiger partial charge in [-0.15, -0.1) is 0 Å². The van der Waals surface area contributed by atoms with Crippen LogP contribution >= 0.6 is 11.6 Å². The molecule has 1 aliphatic rings. The van der Waals surface area contributed by atoms with Gasteiger partial charge >= 0.3 is 0 Å². The maximum absolute atomic E-state index is 14.7. The van der Waals surface area contributed by atoms with Crippen molar-refractivity contribution in [2.75, 3.05) is 16.8 Å². The van der Waals surface area contributed by atoms with Gasteiger partial charge < -0.3 is 5.32 Å². The second kappa shape index (κ2) is 10.3. The van der Waals surface area contributed by atoms with Gasteiger partial charge in [-0.25, -0.2) is 19.3 Å². The lowest BCUT2D eigenvalue weighted by Crippen LogP contribution is -2.26. The van der Waals surface area contributed by atoms with Crippen molar-refractivity contribution >= 4 is 35.1 Å². The Balaban J connectivity index is 1.32. The summed E-state index contributed by atoms with van der Waals surface area (Å²) < 4.78 is 16.3. The third-order valence-electron chi connectivity index (χ3n) is 6.45. The van der Waals surface area contributed by atoms with E-state index in [4.69, 9.17) is 11.6 Å². The number of aromatic nitrogens is 6. The van der Waals surface area contributed by atoms with E-state index in [-0.39, 0.29) is 33.9 Å². The number of nitrogens with one attached hydrogen (secondary N) is 1. The molecule has 0 spiro atoms. The van der Waals surface area contributed by atoms with E-state index in [9.17, 15) is 14.0 Å². The van der Waals surface area contributed by atoms with Crippen LogP contribution in [0.5, 0.6) is 0 Å². The van der Waals surface area contributed by atoms with Crippen LogP contribution in [-0.2, 0) is 4.79 Å². The molecule has 12 heteroatoms. The summed E-state index contributed by atoms with van der Waals surface area (Å²) in [6, 6.07) is 2.91. The second-order valence-corrected chi connectivity index (χ2v) is 9.45. The minimum Gasteiger partial charge on any atom is -0.318 e. The van der Waals surface area contributed by atoms with Crippen LogP contribution in [0.3, 0.4) is 0 Å². The molecule has 0 radical (unpaired) electrons. The first-order chi connectivity index (χ1) is 18.2. The number of hydrogen-bond donors (Lipinski definition) is 1. The molecule has 0 saturated carbocycles. The molecule has 0 bridgehead atoms. The monoisotopic (exact) mass is 534 g/mol. The van der Waals surface area contributed by atoms with Crippen molar-refractivity contribution in [2.45, 2.75) is 39.7 Å². The van der Waals surface area contributed by atoms with Crippen LogP contribution in [-0.4, -0.2) is 48.1 Å². The predicted octanol–water partition coefficient (Wildman–Crippen LogP) is 4.53. The number of carbonyl (C=O) groups is 2. The molecule has 38 heavy (non-hydrogen) atoms. The van der Waals surface area contributed by atoms with Crippen molar-refractivity contribution in [1.29, 1.82) is 0 Å². The summed E-state index contributed by atoms with van der Waals surface area (Å²) >= 11 is 5.94. The van der Waals surface area contributed by atoms with Crippen molar-refractivity contribution in [3.05, 3.63) is 76.5 Å². The first-order valence-electron chi connectivity index (χ1n) is 12.0. The van der Waals surface area contributed by atoms with E-state index >= 15 is 0 Å². The zero-order valence-electron chi connectivity index (χ0n) is 20.9. The molecule has 1 aliphatic heterocycles. The summed E-state index contributed by atoms with van der Waals surface area (Å²) in [6.07, 6.45) is 8.89. The Morgan fingerprint density at radius 3 is 2.71 bits per heavy atom. The lowest BCUT2D eigenvalue weighted by atomic mass is 10.1. The molecule has 0 aliphatic carbocycles. The lowest BCUT2D eigenvalue weighted by molar-refractivity contribution is -0.117. The van der Waals surface area contributed by atoms with Gasteiger partial charge in [0, 0.05) is 42.2 Å². The standard InChI is InChI=1S/C26H24ClFN8O2/c1-14-6-7-19(27)24(28)23(14)20-11-29-12-21(34-20)25(38)33-17-9-31-36(13-17)16(3)18-10-30-26(32-15(18)2)35-8-4-5-22(35)37/h6-7,9-13,16H,4-5,8H2,1-3H3,(H,33,38). The first-order valence-corrected chi connectivity index (χ1v) is 12.4. The molecule has 1 unspecified atom stereocenters. The van der Waals surface area contributed by atoms with Crippen molar-refractivity contribution in [3.63, 3.8) is 0 Å². The molecular formula is C26H24ClFN8O2. The van der Waals surface area contributed by atoms with E-state index in [1.165, 1.54) is 24.7 Å². The van der Waals surface area contributed by atoms with Gasteiger partial charge in [-0.3, -0.25) is 24.2 Å². The zero-order chi connectivity index (χ0) is 27.0. The normalized spacial score (nSPS) is 14.1. The fourth-order valence-electron chi connectivity index (χ4n) is 4.37. The zero-order valence-corrected chi connectivity index (χ0v) is 21.7. The quantitative estimate of drug-likeness (QED) is 0.386. The topological polar surface area (TPSA) is 119 Å². The third kappa shape index (κ3) is 4.84. The van der Waals surface area contributed by atoms with Crippen molar-refractivity contribution in [1.82, 2.24) is 29.7 Å².